The maximum Gasteiger partial charge on any atom is 0.181 e. The number of rotatable bonds is 4. The zero-order valence-corrected chi connectivity index (χ0v) is 11.5. The van der Waals surface area contributed by atoms with E-state index >= 15 is 0 Å². The molecule has 0 aliphatic heterocycles. The van der Waals surface area contributed by atoms with Crippen molar-refractivity contribution in [1.82, 2.24) is 9.97 Å². The second-order valence-electron chi connectivity index (χ2n) is 4.46. The summed E-state index contributed by atoms with van der Waals surface area (Å²) in [4.78, 5) is 7.89. The lowest BCUT2D eigenvalue weighted by Crippen LogP contribution is -2.08. The van der Waals surface area contributed by atoms with Crippen LogP contribution in [0.15, 0.2) is 70.9 Å². The van der Waals surface area contributed by atoms with E-state index in [-0.39, 0.29) is 0 Å². The molecule has 1 aromatic carbocycles. The molecule has 0 bridgehead atoms. The zero-order valence-electron chi connectivity index (χ0n) is 11.5. The van der Waals surface area contributed by atoms with E-state index in [0.29, 0.717) is 0 Å². The molecule has 2 heterocycles. The van der Waals surface area contributed by atoms with Gasteiger partial charge in [0.05, 0.1) is 18.1 Å². The molecule has 0 saturated heterocycles. The van der Waals surface area contributed by atoms with Gasteiger partial charge in [0.2, 0.25) is 0 Å². The third-order valence-corrected chi connectivity index (χ3v) is 3.04. The lowest BCUT2D eigenvalue weighted by molar-refractivity contribution is 0.572. The van der Waals surface area contributed by atoms with Crippen molar-refractivity contribution in [3.8, 4) is 11.3 Å². The SMILES string of the molecule is CN(/N=C/c1ccncc1)c1ccc(-c2cnco2)cc1. The van der Waals surface area contributed by atoms with Crippen LogP contribution in [0.4, 0.5) is 5.69 Å². The molecule has 0 N–H and O–H groups in total. The van der Waals surface area contributed by atoms with E-state index in [0.717, 1.165) is 22.6 Å². The third kappa shape index (κ3) is 3.14. The van der Waals surface area contributed by atoms with Crippen LogP contribution in [0.3, 0.4) is 0 Å². The number of anilines is 1. The largest absolute Gasteiger partial charge is 0.444 e. The Morgan fingerprint density at radius 1 is 1.05 bits per heavy atom. The second kappa shape index (κ2) is 6.00. The van der Waals surface area contributed by atoms with Crippen molar-refractivity contribution in [3.63, 3.8) is 0 Å². The molecule has 21 heavy (non-hydrogen) atoms. The molecule has 3 rings (SSSR count). The Bertz CT molecular complexity index is 706. The molecule has 0 aliphatic carbocycles. The van der Waals surface area contributed by atoms with Gasteiger partial charge >= 0.3 is 0 Å². The number of hydrogen-bond donors (Lipinski definition) is 0. The first-order valence-electron chi connectivity index (χ1n) is 6.49. The van der Waals surface area contributed by atoms with E-state index < -0.39 is 0 Å². The van der Waals surface area contributed by atoms with E-state index in [2.05, 4.69) is 15.1 Å². The summed E-state index contributed by atoms with van der Waals surface area (Å²) in [6.07, 6.45) is 8.40. The van der Waals surface area contributed by atoms with Gasteiger partial charge in [0.15, 0.2) is 12.2 Å². The molecule has 0 aliphatic rings. The van der Waals surface area contributed by atoms with Crippen molar-refractivity contribution < 1.29 is 4.42 Å². The molecule has 0 unspecified atom stereocenters. The highest BCUT2D eigenvalue weighted by molar-refractivity contribution is 5.80. The highest BCUT2D eigenvalue weighted by atomic mass is 16.3. The van der Waals surface area contributed by atoms with Crippen LogP contribution in [0.25, 0.3) is 11.3 Å². The summed E-state index contributed by atoms with van der Waals surface area (Å²) < 4.78 is 5.26. The fourth-order valence-corrected chi connectivity index (χ4v) is 1.87. The summed E-state index contributed by atoms with van der Waals surface area (Å²) in [5.74, 6) is 0.754. The van der Waals surface area contributed by atoms with Gasteiger partial charge in [-0.25, -0.2) is 4.98 Å². The molecular formula is C16H14N4O. The van der Waals surface area contributed by atoms with Crippen LogP contribution in [0.1, 0.15) is 5.56 Å². The summed E-state index contributed by atoms with van der Waals surface area (Å²) in [6, 6.07) is 11.8. The van der Waals surface area contributed by atoms with E-state index in [1.807, 2.05) is 48.5 Å². The maximum absolute atomic E-state index is 5.26. The van der Waals surface area contributed by atoms with E-state index in [1.165, 1.54) is 6.39 Å². The van der Waals surface area contributed by atoms with Crippen LogP contribution in [0, 0.1) is 0 Å². The Kier molecular flexibility index (Phi) is 3.73. The van der Waals surface area contributed by atoms with Crippen LogP contribution in [-0.2, 0) is 0 Å². The molecule has 0 spiro atoms. The molecule has 5 heteroatoms. The predicted octanol–water partition coefficient (Wildman–Crippen LogP) is 3.21. The van der Waals surface area contributed by atoms with Gasteiger partial charge in [0, 0.05) is 25.0 Å². The van der Waals surface area contributed by atoms with Crippen molar-refractivity contribution in [2.75, 3.05) is 12.1 Å². The van der Waals surface area contributed by atoms with E-state index in [1.54, 1.807) is 24.8 Å². The monoisotopic (exact) mass is 278 g/mol. The average Bonchev–Trinajstić information content (AvgIpc) is 3.08. The Labute approximate surface area is 122 Å². The topological polar surface area (TPSA) is 54.5 Å². The number of aromatic nitrogens is 2. The summed E-state index contributed by atoms with van der Waals surface area (Å²) in [5, 5.41) is 6.21. The summed E-state index contributed by atoms with van der Waals surface area (Å²) in [7, 11) is 1.90. The Hall–Kier alpha value is -2.95. The maximum atomic E-state index is 5.26. The van der Waals surface area contributed by atoms with Crippen molar-refractivity contribution >= 4 is 11.9 Å². The Balaban J connectivity index is 1.73. The molecule has 104 valence electrons. The van der Waals surface area contributed by atoms with E-state index in [4.69, 9.17) is 4.42 Å². The summed E-state index contributed by atoms with van der Waals surface area (Å²) in [6.45, 7) is 0. The molecule has 0 saturated carbocycles. The number of hydrazone groups is 1. The van der Waals surface area contributed by atoms with Gasteiger partial charge in [-0.2, -0.15) is 5.10 Å². The lowest BCUT2D eigenvalue weighted by Gasteiger charge is -2.12. The van der Waals surface area contributed by atoms with Gasteiger partial charge in [-0.3, -0.25) is 9.99 Å². The lowest BCUT2D eigenvalue weighted by atomic mass is 10.2. The number of benzene rings is 1. The van der Waals surface area contributed by atoms with Crippen LogP contribution >= 0.6 is 0 Å². The molecule has 3 aromatic rings. The molecule has 5 nitrogen and oxygen atoms in total. The van der Waals surface area contributed by atoms with Gasteiger partial charge in [0.25, 0.3) is 0 Å². The number of hydrogen-bond acceptors (Lipinski definition) is 5. The van der Waals surface area contributed by atoms with Gasteiger partial charge in [-0.05, 0) is 42.0 Å². The van der Waals surface area contributed by atoms with Gasteiger partial charge in [-0.15, -0.1) is 0 Å². The van der Waals surface area contributed by atoms with E-state index in [9.17, 15) is 0 Å². The molecular weight excluding hydrogens is 264 g/mol. The fourth-order valence-electron chi connectivity index (χ4n) is 1.87. The van der Waals surface area contributed by atoms with Crippen molar-refractivity contribution in [2.24, 2.45) is 5.10 Å². The zero-order chi connectivity index (χ0) is 14.5. The summed E-state index contributed by atoms with van der Waals surface area (Å²) in [5.41, 5.74) is 2.99. The Morgan fingerprint density at radius 3 is 2.48 bits per heavy atom. The van der Waals surface area contributed by atoms with Crippen molar-refractivity contribution in [3.05, 3.63) is 66.9 Å². The first kappa shape index (κ1) is 13.1. The molecule has 2 aromatic heterocycles. The molecule has 0 amide bonds. The van der Waals surface area contributed by atoms with Crippen LogP contribution < -0.4 is 5.01 Å². The second-order valence-corrected chi connectivity index (χ2v) is 4.46. The number of pyridine rings is 1. The van der Waals surface area contributed by atoms with Gasteiger partial charge < -0.3 is 4.42 Å². The smallest absolute Gasteiger partial charge is 0.181 e. The van der Waals surface area contributed by atoms with Gasteiger partial charge in [-0.1, -0.05) is 0 Å². The Morgan fingerprint density at radius 2 is 1.81 bits per heavy atom. The minimum Gasteiger partial charge on any atom is -0.444 e. The minimum absolute atomic E-state index is 0.754. The number of nitrogens with zero attached hydrogens (tertiary/aromatic N) is 4. The third-order valence-electron chi connectivity index (χ3n) is 3.04. The summed E-state index contributed by atoms with van der Waals surface area (Å²) >= 11 is 0. The standard InChI is InChI=1S/C16H14N4O/c1-20(19-10-13-6-8-17-9-7-13)15-4-2-14(3-5-15)16-11-18-12-21-16/h2-12H,1H3/b19-10+. The highest BCUT2D eigenvalue weighted by Crippen LogP contribution is 2.22. The van der Waals surface area contributed by atoms with Gasteiger partial charge in [0.1, 0.15) is 0 Å². The highest BCUT2D eigenvalue weighted by Gasteiger charge is 2.03. The average molecular weight is 278 g/mol. The molecule has 0 atom stereocenters. The normalized spacial score (nSPS) is 10.9. The molecule has 0 fully saturated rings. The van der Waals surface area contributed by atoms with Crippen molar-refractivity contribution in [2.45, 2.75) is 0 Å². The fraction of sp³-hybridized carbons (Fsp3) is 0.0625. The van der Waals surface area contributed by atoms with Crippen LogP contribution in [0.5, 0.6) is 0 Å². The predicted molar refractivity (Wildman–Crippen MR) is 82.2 cm³/mol. The van der Waals surface area contributed by atoms with Crippen LogP contribution in [0.2, 0.25) is 0 Å². The van der Waals surface area contributed by atoms with Crippen LogP contribution in [-0.4, -0.2) is 23.2 Å². The first-order chi connectivity index (χ1) is 10.3. The number of oxazole rings is 1. The van der Waals surface area contributed by atoms with Crippen molar-refractivity contribution in [1.29, 1.82) is 0 Å². The minimum atomic E-state index is 0.754. The quantitative estimate of drug-likeness (QED) is 0.543. The molecule has 0 radical (unpaired) electrons. The first-order valence-corrected chi connectivity index (χ1v) is 6.49.